The summed E-state index contributed by atoms with van der Waals surface area (Å²) in [6, 6.07) is 17.6. The minimum Gasteiger partial charge on any atom is -0.492 e. The topological polar surface area (TPSA) is 74.7 Å². The molecule has 8 heteroatoms. The number of ether oxygens (including phenoxy) is 3. The van der Waals surface area contributed by atoms with Crippen LogP contribution in [0, 0.1) is 0 Å². The first-order valence-electron chi connectivity index (χ1n) is 12.4. The summed E-state index contributed by atoms with van der Waals surface area (Å²) in [5.41, 5.74) is -0.0685. The number of β-amino-alcohol motifs (C(OH)–C–C–N with tert-alkyl or cyclic N) is 1. The van der Waals surface area contributed by atoms with E-state index in [1.807, 2.05) is 42.5 Å². The normalized spacial score (nSPS) is 21.9. The fourth-order valence-corrected chi connectivity index (χ4v) is 4.58. The van der Waals surface area contributed by atoms with Gasteiger partial charge >= 0.3 is 0 Å². The largest absolute Gasteiger partial charge is 0.492 e. The lowest BCUT2D eigenvalue weighted by molar-refractivity contribution is -0.132. The molecule has 2 fully saturated rings. The number of morpholine rings is 1. The fourth-order valence-electron chi connectivity index (χ4n) is 4.58. The van der Waals surface area contributed by atoms with Crippen molar-refractivity contribution in [1.29, 1.82) is 0 Å². The zero-order chi connectivity index (χ0) is 24.5. The third-order valence-corrected chi connectivity index (χ3v) is 6.47. The Labute approximate surface area is 208 Å². The number of carbonyl (C=O) groups excluding carboxylic acids is 1. The third kappa shape index (κ3) is 7.93. The summed E-state index contributed by atoms with van der Waals surface area (Å²) in [4.78, 5) is 18.4. The van der Waals surface area contributed by atoms with Crippen LogP contribution < -0.4 is 9.47 Å². The molecule has 0 aliphatic carbocycles. The van der Waals surface area contributed by atoms with Gasteiger partial charge in [0.25, 0.3) is 0 Å². The molecule has 0 spiro atoms. The van der Waals surface area contributed by atoms with E-state index < -0.39 is 5.60 Å². The molecule has 0 aromatic heterocycles. The number of hydrogen-bond donors (Lipinski definition) is 1. The third-order valence-electron chi connectivity index (χ3n) is 6.47. The second-order valence-electron chi connectivity index (χ2n) is 9.43. The Bertz CT molecular complexity index is 937. The van der Waals surface area contributed by atoms with Crippen molar-refractivity contribution in [1.82, 2.24) is 14.7 Å². The molecular weight excluding hydrogens is 446 g/mol. The lowest BCUT2D eigenvalue weighted by Crippen LogP contribution is -2.51. The van der Waals surface area contributed by atoms with E-state index in [0.717, 1.165) is 44.2 Å². The highest BCUT2D eigenvalue weighted by Crippen LogP contribution is 2.21. The lowest BCUT2D eigenvalue weighted by Gasteiger charge is -2.32. The van der Waals surface area contributed by atoms with E-state index in [1.54, 1.807) is 11.8 Å². The Morgan fingerprint density at radius 2 is 1.71 bits per heavy atom. The summed E-state index contributed by atoms with van der Waals surface area (Å²) in [5, 5.41) is 11.5. The van der Waals surface area contributed by atoms with Gasteiger partial charge in [-0.1, -0.05) is 30.3 Å². The van der Waals surface area contributed by atoms with Gasteiger partial charge in [0.05, 0.1) is 19.8 Å². The van der Waals surface area contributed by atoms with Crippen molar-refractivity contribution in [2.45, 2.75) is 19.1 Å². The van der Waals surface area contributed by atoms with E-state index in [2.05, 4.69) is 21.9 Å². The zero-order valence-corrected chi connectivity index (χ0v) is 20.6. The van der Waals surface area contributed by atoms with E-state index in [0.29, 0.717) is 38.5 Å². The molecule has 2 aromatic rings. The van der Waals surface area contributed by atoms with E-state index >= 15 is 0 Å². The SMILES string of the molecule is CC(=O)N1CCN(Cc2cccc(OCCN3CCOCC3)c2)C[C@](O)(COc2ccccc2)C1. The van der Waals surface area contributed by atoms with E-state index in [-0.39, 0.29) is 19.1 Å². The number of nitrogens with zero attached hydrogens (tertiary/aromatic N) is 3. The standard InChI is InChI=1S/C27H37N3O5/c1-23(31)30-11-10-29(20-27(32,21-30)22-35-25-7-3-2-4-8-25)19-24-6-5-9-26(18-24)34-17-14-28-12-15-33-16-13-28/h2-9,18,32H,10-17,19-22H2,1H3/t27-/m1/s1. The van der Waals surface area contributed by atoms with Crippen LogP contribution in [0.4, 0.5) is 0 Å². The van der Waals surface area contributed by atoms with E-state index in [1.165, 1.54) is 0 Å². The van der Waals surface area contributed by atoms with Gasteiger partial charge in [-0.2, -0.15) is 0 Å². The second kappa shape index (κ2) is 12.4. The van der Waals surface area contributed by atoms with Gasteiger partial charge in [-0.15, -0.1) is 0 Å². The maximum Gasteiger partial charge on any atom is 0.219 e. The molecule has 8 nitrogen and oxygen atoms in total. The van der Waals surface area contributed by atoms with Crippen molar-refractivity contribution in [3.63, 3.8) is 0 Å². The van der Waals surface area contributed by atoms with Gasteiger partial charge in [-0.05, 0) is 29.8 Å². The van der Waals surface area contributed by atoms with Gasteiger partial charge in [0.15, 0.2) is 0 Å². The van der Waals surface area contributed by atoms with Gasteiger partial charge in [-0.3, -0.25) is 14.6 Å². The summed E-state index contributed by atoms with van der Waals surface area (Å²) in [7, 11) is 0. The number of amides is 1. The number of rotatable bonds is 9. The zero-order valence-electron chi connectivity index (χ0n) is 20.6. The summed E-state index contributed by atoms with van der Waals surface area (Å²) >= 11 is 0. The monoisotopic (exact) mass is 483 g/mol. The number of carbonyl (C=O) groups is 1. The molecule has 2 aliphatic rings. The molecule has 2 aliphatic heterocycles. The lowest BCUT2D eigenvalue weighted by atomic mass is 10.0. The molecule has 2 saturated heterocycles. The molecule has 0 unspecified atom stereocenters. The number of benzene rings is 2. The Morgan fingerprint density at radius 3 is 2.49 bits per heavy atom. The molecule has 0 radical (unpaired) electrons. The number of aliphatic hydroxyl groups is 1. The van der Waals surface area contributed by atoms with Crippen molar-refractivity contribution < 1.29 is 24.1 Å². The predicted molar refractivity (Wildman–Crippen MR) is 134 cm³/mol. The molecule has 4 rings (SSSR count). The summed E-state index contributed by atoms with van der Waals surface area (Å²) in [6.45, 7) is 9.21. The molecule has 2 aromatic carbocycles. The van der Waals surface area contributed by atoms with Crippen molar-refractivity contribution in [3.8, 4) is 11.5 Å². The quantitative estimate of drug-likeness (QED) is 0.584. The highest BCUT2D eigenvalue weighted by Gasteiger charge is 2.36. The Morgan fingerprint density at radius 1 is 0.943 bits per heavy atom. The van der Waals surface area contributed by atoms with Gasteiger partial charge in [0, 0.05) is 52.7 Å². The number of para-hydroxylation sites is 1. The van der Waals surface area contributed by atoms with Gasteiger partial charge < -0.3 is 24.2 Å². The molecule has 1 N–H and O–H groups in total. The van der Waals surface area contributed by atoms with E-state index in [4.69, 9.17) is 14.2 Å². The van der Waals surface area contributed by atoms with Crippen LogP contribution in [0.2, 0.25) is 0 Å². The molecule has 0 saturated carbocycles. The smallest absolute Gasteiger partial charge is 0.219 e. The van der Waals surface area contributed by atoms with Gasteiger partial charge in [0.1, 0.15) is 30.3 Å². The molecule has 35 heavy (non-hydrogen) atoms. The van der Waals surface area contributed by atoms with Crippen molar-refractivity contribution in [2.75, 3.05) is 72.2 Å². The van der Waals surface area contributed by atoms with Crippen molar-refractivity contribution >= 4 is 5.91 Å². The first-order chi connectivity index (χ1) is 17.0. The Hall–Kier alpha value is -2.65. The first-order valence-corrected chi connectivity index (χ1v) is 12.4. The van der Waals surface area contributed by atoms with Gasteiger partial charge in [0.2, 0.25) is 5.91 Å². The highest BCUT2D eigenvalue weighted by atomic mass is 16.5. The molecule has 2 heterocycles. The summed E-state index contributed by atoms with van der Waals surface area (Å²) < 4.78 is 17.3. The summed E-state index contributed by atoms with van der Waals surface area (Å²) in [5.74, 6) is 1.51. The molecular formula is C27H37N3O5. The minimum atomic E-state index is -1.18. The van der Waals surface area contributed by atoms with Crippen LogP contribution in [0.15, 0.2) is 54.6 Å². The highest BCUT2D eigenvalue weighted by molar-refractivity contribution is 5.73. The molecule has 1 atom stereocenters. The van der Waals surface area contributed by atoms with Crippen LogP contribution in [-0.4, -0.2) is 104 Å². The molecule has 190 valence electrons. The second-order valence-corrected chi connectivity index (χ2v) is 9.43. The Balaban J connectivity index is 1.36. The van der Waals surface area contributed by atoms with Crippen LogP contribution in [0.1, 0.15) is 12.5 Å². The van der Waals surface area contributed by atoms with Crippen molar-refractivity contribution in [2.24, 2.45) is 0 Å². The van der Waals surface area contributed by atoms with Crippen LogP contribution >= 0.6 is 0 Å². The average Bonchev–Trinajstić information content (AvgIpc) is 3.03. The van der Waals surface area contributed by atoms with Crippen LogP contribution in [0.3, 0.4) is 0 Å². The fraction of sp³-hybridized carbons (Fsp3) is 0.519. The maximum atomic E-state index is 12.2. The average molecular weight is 484 g/mol. The number of hydrogen-bond acceptors (Lipinski definition) is 7. The van der Waals surface area contributed by atoms with E-state index in [9.17, 15) is 9.90 Å². The minimum absolute atomic E-state index is 0.0411. The summed E-state index contributed by atoms with van der Waals surface area (Å²) in [6.07, 6.45) is 0. The molecule has 0 bridgehead atoms. The Kier molecular flexibility index (Phi) is 8.98. The van der Waals surface area contributed by atoms with Crippen LogP contribution in [-0.2, 0) is 16.1 Å². The van der Waals surface area contributed by atoms with Crippen molar-refractivity contribution in [3.05, 3.63) is 60.2 Å². The maximum absolute atomic E-state index is 12.2. The predicted octanol–water partition coefficient (Wildman–Crippen LogP) is 1.87. The van der Waals surface area contributed by atoms with Gasteiger partial charge in [-0.25, -0.2) is 0 Å². The van der Waals surface area contributed by atoms with Crippen LogP contribution in [0.5, 0.6) is 11.5 Å². The van der Waals surface area contributed by atoms with Crippen LogP contribution in [0.25, 0.3) is 0 Å². The first kappa shape index (κ1) is 25.4. The molecule has 1 amide bonds.